The number of halogens is 6. The Bertz CT molecular complexity index is 513. The molecule has 0 radical (unpaired) electrons. The normalized spacial score (nSPS) is 12.9. The van der Waals surface area contributed by atoms with Crippen LogP contribution in [0.2, 0.25) is 0 Å². The maximum absolute atomic E-state index is 12.7. The lowest BCUT2D eigenvalue weighted by atomic mass is 9.99. The number of benzene rings is 1. The van der Waals surface area contributed by atoms with Gasteiger partial charge in [0, 0.05) is 6.08 Å². The average molecular weight is 284 g/mol. The first kappa shape index (κ1) is 15.1. The van der Waals surface area contributed by atoms with Crippen LogP contribution < -0.4 is 0 Å². The van der Waals surface area contributed by atoms with Gasteiger partial charge in [-0.3, -0.25) is 0 Å². The first-order chi connectivity index (χ1) is 8.53. The highest BCUT2D eigenvalue weighted by Crippen LogP contribution is 2.42. The van der Waals surface area contributed by atoms with Gasteiger partial charge in [-0.25, -0.2) is 4.79 Å². The lowest BCUT2D eigenvalue weighted by Crippen LogP contribution is -2.18. The van der Waals surface area contributed by atoms with Crippen LogP contribution in [0.25, 0.3) is 6.08 Å². The number of hydrogen-bond donors (Lipinski definition) is 1. The van der Waals surface area contributed by atoms with Crippen LogP contribution in [0.15, 0.2) is 24.3 Å². The molecule has 2 nitrogen and oxygen atoms in total. The highest BCUT2D eigenvalue weighted by molar-refractivity contribution is 5.85. The molecule has 0 aromatic heterocycles. The highest BCUT2D eigenvalue weighted by Gasteiger charge is 2.44. The SMILES string of the molecule is O=C(O)/C=C/c1cccc(C(F)(F)F)c1C(F)(F)F. The van der Waals surface area contributed by atoms with Gasteiger partial charge in [-0.1, -0.05) is 12.1 Å². The summed E-state index contributed by atoms with van der Waals surface area (Å²) in [7, 11) is 0. The third-order valence-electron chi connectivity index (χ3n) is 2.09. The zero-order valence-electron chi connectivity index (χ0n) is 9.01. The van der Waals surface area contributed by atoms with Crippen LogP contribution in [-0.4, -0.2) is 11.1 Å². The fourth-order valence-electron chi connectivity index (χ4n) is 1.42. The van der Waals surface area contributed by atoms with E-state index < -0.39 is 35.0 Å². The van der Waals surface area contributed by atoms with Gasteiger partial charge in [-0.15, -0.1) is 0 Å². The molecule has 1 aromatic carbocycles. The number of rotatable bonds is 2. The zero-order valence-corrected chi connectivity index (χ0v) is 9.01. The van der Waals surface area contributed by atoms with E-state index in [4.69, 9.17) is 5.11 Å². The van der Waals surface area contributed by atoms with Gasteiger partial charge in [0.05, 0.1) is 11.1 Å². The summed E-state index contributed by atoms with van der Waals surface area (Å²) in [5.41, 5.74) is -4.61. The van der Waals surface area contributed by atoms with Gasteiger partial charge in [0.1, 0.15) is 0 Å². The summed E-state index contributed by atoms with van der Waals surface area (Å²) >= 11 is 0. The molecule has 0 heterocycles. The van der Waals surface area contributed by atoms with E-state index in [2.05, 4.69) is 0 Å². The van der Waals surface area contributed by atoms with E-state index in [0.717, 1.165) is 12.1 Å². The molecule has 0 saturated heterocycles. The van der Waals surface area contributed by atoms with Crippen LogP contribution in [0.5, 0.6) is 0 Å². The van der Waals surface area contributed by atoms with Gasteiger partial charge in [0.15, 0.2) is 0 Å². The number of carboxylic acids is 1. The number of carbonyl (C=O) groups is 1. The Balaban J connectivity index is 3.53. The van der Waals surface area contributed by atoms with Crippen molar-refractivity contribution in [1.29, 1.82) is 0 Å². The molecule has 0 bridgehead atoms. The second-order valence-corrected chi connectivity index (χ2v) is 3.44. The minimum atomic E-state index is -5.25. The van der Waals surface area contributed by atoms with Crippen molar-refractivity contribution in [2.45, 2.75) is 12.4 Å². The van der Waals surface area contributed by atoms with Crippen LogP contribution in [0, 0.1) is 0 Å². The average Bonchev–Trinajstić information content (AvgIpc) is 2.23. The molecule has 0 aliphatic rings. The van der Waals surface area contributed by atoms with Crippen molar-refractivity contribution in [3.63, 3.8) is 0 Å². The minimum absolute atomic E-state index is 0.293. The molecule has 1 aromatic rings. The van der Waals surface area contributed by atoms with Crippen LogP contribution >= 0.6 is 0 Å². The summed E-state index contributed by atoms with van der Waals surface area (Å²) in [6, 6.07) is 1.83. The third kappa shape index (κ3) is 3.73. The lowest BCUT2D eigenvalue weighted by Gasteiger charge is -2.17. The first-order valence-corrected chi connectivity index (χ1v) is 4.72. The van der Waals surface area contributed by atoms with Crippen LogP contribution in [0.3, 0.4) is 0 Å². The maximum atomic E-state index is 12.7. The predicted octanol–water partition coefficient (Wildman–Crippen LogP) is 3.82. The van der Waals surface area contributed by atoms with Crippen LogP contribution in [0.4, 0.5) is 26.3 Å². The largest absolute Gasteiger partial charge is 0.478 e. The van der Waals surface area contributed by atoms with E-state index in [9.17, 15) is 31.1 Å². The van der Waals surface area contributed by atoms with E-state index in [1.807, 2.05) is 0 Å². The smallest absolute Gasteiger partial charge is 0.417 e. The fourth-order valence-corrected chi connectivity index (χ4v) is 1.42. The second kappa shape index (κ2) is 4.94. The van der Waals surface area contributed by atoms with Gasteiger partial charge in [-0.2, -0.15) is 26.3 Å². The van der Waals surface area contributed by atoms with Crippen LogP contribution in [-0.2, 0) is 17.1 Å². The van der Waals surface area contributed by atoms with E-state index in [1.165, 1.54) is 0 Å². The first-order valence-electron chi connectivity index (χ1n) is 4.72. The second-order valence-electron chi connectivity index (χ2n) is 3.44. The molecule has 0 unspecified atom stereocenters. The number of alkyl halides is 6. The summed E-state index contributed by atoms with van der Waals surface area (Å²) in [5.74, 6) is -1.56. The third-order valence-corrected chi connectivity index (χ3v) is 2.09. The van der Waals surface area contributed by atoms with Crippen LogP contribution in [0.1, 0.15) is 16.7 Å². The zero-order chi connectivity index (χ0) is 14.8. The van der Waals surface area contributed by atoms with Gasteiger partial charge in [0.25, 0.3) is 0 Å². The van der Waals surface area contributed by atoms with Gasteiger partial charge >= 0.3 is 18.3 Å². The van der Waals surface area contributed by atoms with E-state index in [-0.39, 0.29) is 0 Å². The Morgan fingerprint density at radius 3 is 2.05 bits per heavy atom. The Labute approximate surface area is 103 Å². The van der Waals surface area contributed by atoms with Gasteiger partial charge < -0.3 is 5.11 Å². The Morgan fingerprint density at radius 1 is 1.05 bits per heavy atom. The van der Waals surface area contributed by atoms with Crippen molar-refractivity contribution >= 4 is 12.0 Å². The molecule has 8 heteroatoms. The summed E-state index contributed by atoms with van der Waals surface area (Å²) in [6.45, 7) is 0. The number of aliphatic carboxylic acids is 1. The molecule has 19 heavy (non-hydrogen) atoms. The van der Waals surface area contributed by atoms with Gasteiger partial charge in [-0.05, 0) is 17.7 Å². The predicted molar refractivity (Wildman–Crippen MR) is 53.1 cm³/mol. The summed E-state index contributed by atoms with van der Waals surface area (Å²) in [5, 5.41) is 8.31. The van der Waals surface area contributed by atoms with Crippen molar-refractivity contribution in [3.05, 3.63) is 41.0 Å². The van der Waals surface area contributed by atoms with Crippen molar-refractivity contribution in [3.8, 4) is 0 Å². The van der Waals surface area contributed by atoms with Crippen molar-refractivity contribution in [1.82, 2.24) is 0 Å². The summed E-state index contributed by atoms with van der Waals surface area (Å²) in [4.78, 5) is 10.2. The standard InChI is InChI=1S/C11H6F6O2/c12-10(13,14)7-3-1-2-6(4-5-8(18)19)9(7)11(15,16)17/h1-5H,(H,18,19)/b5-4+. The number of carboxylic acid groups (broad SMARTS) is 1. The quantitative estimate of drug-likeness (QED) is 0.662. The monoisotopic (exact) mass is 284 g/mol. The molecule has 0 spiro atoms. The molecular weight excluding hydrogens is 278 g/mol. The summed E-state index contributed by atoms with van der Waals surface area (Å²) in [6.07, 6.45) is -9.62. The molecule has 0 amide bonds. The van der Waals surface area contributed by atoms with Crippen molar-refractivity contribution < 1.29 is 36.2 Å². The highest BCUT2D eigenvalue weighted by atomic mass is 19.4. The minimum Gasteiger partial charge on any atom is -0.478 e. The lowest BCUT2D eigenvalue weighted by molar-refractivity contribution is -0.162. The molecule has 0 aliphatic carbocycles. The van der Waals surface area contributed by atoms with Crippen molar-refractivity contribution in [2.75, 3.05) is 0 Å². The maximum Gasteiger partial charge on any atom is 0.417 e. The Hall–Kier alpha value is -1.99. The Morgan fingerprint density at radius 2 is 1.63 bits per heavy atom. The molecule has 0 fully saturated rings. The van der Waals surface area contributed by atoms with E-state index in [0.29, 0.717) is 18.2 Å². The number of hydrogen-bond acceptors (Lipinski definition) is 1. The fraction of sp³-hybridized carbons (Fsp3) is 0.182. The van der Waals surface area contributed by atoms with E-state index in [1.54, 1.807) is 0 Å². The molecule has 0 saturated carbocycles. The Kier molecular flexibility index (Phi) is 3.92. The summed E-state index contributed by atoms with van der Waals surface area (Å²) < 4.78 is 75.6. The topological polar surface area (TPSA) is 37.3 Å². The molecule has 0 atom stereocenters. The molecule has 1 N–H and O–H groups in total. The molecular formula is C11H6F6O2. The van der Waals surface area contributed by atoms with E-state index >= 15 is 0 Å². The molecule has 0 aliphatic heterocycles. The molecule has 1 rings (SSSR count). The van der Waals surface area contributed by atoms with Gasteiger partial charge in [0.2, 0.25) is 0 Å². The molecule has 104 valence electrons. The van der Waals surface area contributed by atoms with Crippen molar-refractivity contribution in [2.24, 2.45) is 0 Å².